The molecule has 7 nitrogen and oxygen atoms in total. The minimum absolute atomic E-state index is 0.0437. The van der Waals surface area contributed by atoms with Crippen LogP contribution in [0.15, 0.2) is 36.4 Å². The number of anilines is 1. The standard InChI is InChI=1S/C23H25Cl2N3O4/c24-17-5-1-4-16(12-17)23(30)28-7-2-6-27(8-9-28)15-22(29)26-19-14-21-20(13-18(19)25)31-10-3-11-32-21/h1,4-5,12-14H,2-3,6-11,15H2,(H,26,29). The molecule has 1 saturated heterocycles. The van der Waals surface area contributed by atoms with Crippen LogP contribution in [0.2, 0.25) is 10.0 Å². The van der Waals surface area contributed by atoms with Crippen LogP contribution in [0.25, 0.3) is 0 Å². The van der Waals surface area contributed by atoms with E-state index >= 15 is 0 Å². The van der Waals surface area contributed by atoms with Gasteiger partial charge in [0.2, 0.25) is 5.91 Å². The molecule has 170 valence electrons. The maximum Gasteiger partial charge on any atom is 0.253 e. The molecule has 0 bridgehead atoms. The van der Waals surface area contributed by atoms with E-state index in [9.17, 15) is 9.59 Å². The SMILES string of the molecule is O=C(CN1CCCN(C(=O)c2cccc(Cl)c2)CC1)Nc1cc2c(cc1Cl)OCCCO2. The van der Waals surface area contributed by atoms with E-state index in [2.05, 4.69) is 5.32 Å². The maximum absolute atomic E-state index is 12.8. The Hall–Kier alpha value is -2.48. The lowest BCUT2D eigenvalue weighted by atomic mass is 10.2. The molecule has 2 aromatic rings. The summed E-state index contributed by atoms with van der Waals surface area (Å²) in [4.78, 5) is 29.3. The van der Waals surface area contributed by atoms with Crippen LogP contribution in [0.5, 0.6) is 11.5 Å². The van der Waals surface area contributed by atoms with Crippen molar-refractivity contribution in [2.45, 2.75) is 12.8 Å². The molecule has 1 fully saturated rings. The molecular weight excluding hydrogens is 453 g/mol. The largest absolute Gasteiger partial charge is 0.490 e. The van der Waals surface area contributed by atoms with Gasteiger partial charge < -0.3 is 19.7 Å². The Morgan fingerprint density at radius 3 is 2.50 bits per heavy atom. The summed E-state index contributed by atoms with van der Waals surface area (Å²) >= 11 is 12.4. The summed E-state index contributed by atoms with van der Waals surface area (Å²) in [6.45, 7) is 3.85. The van der Waals surface area contributed by atoms with Gasteiger partial charge in [-0.2, -0.15) is 0 Å². The van der Waals surface area contributed by atoms with Gasteiger partial charge >= 0.3 is 0 Å². The number of amides is 2. The average molecular weight is 478 g/mol. The van der Waals surface area contributed by atoms with Gasteiger partial charge in [-0.3, -0.25) is 14.5 Å². The van der Waals surface area contributed by atoms with E-state index in [1.165, 1.54) is 0 Å². The number of benzene rings is 2. The third-order valence-electron chi connectivity index (χ3n) is 5.43. The van der Waals surface area contributed by atoms with Crippen LogP contribution in [0.1, 0.15) is 23.2 Å². The fraction of sp³-hybridized carbons (Fsp3) is 0.391. The van der Waals surface area contributed by atoms with Gasteiger partial charge in [-0.25, -0.2) is 0 Å². The monoisotopic (exact) mass is 477 g/mol. The number of ether oxygens (including phenoxy) is 2. The number of nitrogens with zero attached hydrogens (tertiary/aromatic N) is 2. The summed E-state index contributed by atoms with van der Waals surface area (Å²) in [7, 11) is 0. The van der Waals surface area contributed by atoms with Gasteiger partial charge in [-0.1, -0.05) is 29.3 Å². The van der Waals surface area contributed by atoms with E-state index in [4.69, 9.17) is 32.7 Å². The summed E-state index contributed by atoms with van der Waals surface area (Å²) in [6, 6.07) is 10.3. The van der Waals surface area contributed by atoms with E-state index in [0.29, 0.717) is 65.6 Å². The van der Waals surface area contributed by atoms with Crippen molar-refractivity contribution >= 4 is 40.7 Å². The highest BCUT2D eigenvalue weighted by molar-refractivity contribution is 6.34. The van der Waals surface area contributed by atoms with Crippen LogP contribution in [-0.2, 0) is 4.79 Å². The zero-order chi connectivity index (χ0) is 22.5. The predicted molar refractivity (Wildman–Crippen MR) is 124 cm³/mol. The Morgan fingerprint density at radius 2 is 1.72 bits per heavy atom. The molecule has 0 unspecified atom stereocenters. The second-order valence-corrected chi connectivity index (χ2v) is 8.65. The van der Waals surface area contributed by atoms with Crippen LogP contribution in [-0.4, -0.2) is 67.6 Å². The lowest BCUT2D eigenvalue weighted by molar-refractivity contribution is -0.117. The molecule has 1 N–H and O–H groups in total. The first-order valence-corrected chi connectivity index (χ1v) is 11.4. The molecule has 0 aliphatic carbocycles. The Bertz CT molecular complexity index is 1000. The van der Waals surface area contributed by atoms with Crippen molar-refractivity contribution in [3.63, 3.8) is 0 Å². The zero-order valence-corrected chi connectivity index (χ0v) is 19.1. The zero-order valence-electron chi connectivity index (χ0n) is 17.6. The lowest BCUT2D eigenvalue weighted by Gasteiger charge is -2.22. The number of fused-ring (bicyclic) bond motifs is 1. The molecule has 4 rings (SSSR count). The summed E-state index contributed by atoms with van der Waals surface area (Å²) in [6.07, 6.45) is 1.57. The molecule has 2 aliphatic rings. The molecule has 2 aliphatic heterocycles. The van der Waals surface area contributed by atoms with Gasteiger partial charge in [-0.05, 0) is 24.6 Å². The first-order chi connectivity index (χ1) is 15.5. The molecular formula is C23H25Cl2N3O4. The van der Waals surface area contributed by atoms with E-state index in [1.807, 2.05) is 9.80 Å². The molecule has 32 heavy (non-hydrogen) atoms. The number of rotatable bonds is 4. The second-order valence-electron chi connectivity index (χ2n) is 7.81. The molecule has 9 heteroatoms. The molecule has 2 aromatic carbocycles. The van der Waals surface area contributed by atoms with Crippen molar-refractivity contribution in [1.82, 2.24) is 9.80 Å². The molecule has 0 atom stereocenters. The Balaban J connectivity index is 1.33. The van der Waals surface area contributed by atoms with E-state index in [0.717, 1.165) is 19.4 Å². The minimum Gasteiger partial charge on any atom is -0.490 e. The Morgan fingerprint density at radius 1 is 0.938 bits per heavy atom. The van der Waals surface area contributed by atoms with Crippen molar-refractivity contribution in [2.75, 3.05) is 51.3 Å². The Kier molecular flexibility index (Phi) is 7.40. The average Bonchev–Trinajstić information content (AvgIpc) is 3.14. The number of carbonyl (C=O) groups excluding carboxylic acids is 2. The fourth-order valence-corrected chi connectivity index (χ4v) is 4.20. The van der Waals surface area contributed by atoms with Crippen LogP contribution in [0, 0.1) is 0 Å². The second kappa shape index (κ2) is 10.4. The quantitative estimate of drug-likeness (QED) is 0.721. The van der Waals surface area contributed by atoms with Gasteiger partial charge in [0, 0.05) is 55.3 Å². The van der Waals surface area contributed by atoms with Crippen molar-refractivity contribution in [3.05, 3.63) is 52.0 Å². The lowest BCUT2D eigenvalue weighted by Crippen LogP contribution is -2.38. The maximum atomic E-state index is 12.8. The van der Waals surface area contributed by atoms with Crippen LogP contribution >= 0.6 is 23.2 Å². The highest BCUT2D eigenvalue weighted by Crippen LogP contribution is 2.37. The van der Waals surface area contributed by atoms with E-state index < -0.39 is 0 Å². The summed E-state index contributed by atoms with van der Waals surface area (Å²) in [5.41, 5.74) is 1.07. The number of nitrogens with one attached hydrogen (secondary N) is 1. The van der Waals surface area contributed by atoms with Gasteiger partial charge in [0.15, 0.2) is 11.5 Å². The van der Waals surface area contributed by atoms with Gasteiger partial charge in [0.1, 0.15) is 0 Å². The third-order valence-corrected chi connectivity index (χ3v) is 5.97. The minimum atomic E-state index is -0.170. The van der Waals surface area contributed by atoms with E-state index in [1.54, 1.807) is 36.4 Å². The number of halogens is 2. The summed E-state index contributed by atoms with van der Waals surface area (Å²) in [5.74, 6) is 0.948. The molecule has 0 saturated carbocycles. The van der Waals surface area contributed by atoms with Crippen molar-refractivity contribution in [2.24, 2.45) is 0 Å². The van der Waals surface area contributed by atoms with Crippen LogP contribution in [0.4, 0.5) is 5.69 Å². The molecule has 0 aromatic heterocycles. The number of hydrogen-bond donors (Lipinski definition) is 1. The molecule has 0 radical (unpaired) electrons. The summed E-state index contributed by atoms with van der Waals surface area (Å²) < 4.78 is 11.3. The van der Waals surface area contributed by atoms with Crippen LogP contribution in [0.3, 0.4) is 0 Å². The van der Waals surface area contributed by atoms with Crippen molar-refractivity contribution in [1.29, 1.82) is 0 Å². The van der Waals surface area contributed by atoms with Gasteiger partial charge in [-0.15, -0.1) is 0 Å². The predicted octanol–water partition coefficient (Wildman–Crippen LogP) is 3.94. The first kappa shape index (κ1) is 22.7. The Labute approximate surface area is 197 Å². The molecule has 0 spiro atoms. The number of hydrogen-bond acceptors (Lipinski definition) is 5. The molecule has 2 amide bonds. The van der Waals surface area contributed by atoms with Crippen LogP contribution < -0.4 is 14.8 Å². The van der Waals surface area contributed by atoms with E-state index in [-0.39, 0.29) is 18.4 Å². The van der Waals surface area contributed by atoms with Crippen molar-refractivity contribution < 1.29 is 19.1 Å². The van der Waals surface area contributed by atoms with Gasteiger partial charge in [0.25, 0.3) is 5.91 Å². The highest BCUT2D eigenvalue weighted by Gasteiger charge is 2.22. The normalized spacial score (nSPS) is 16.8. The first-order valence-electron chi connectivity index (χ1n) is 10.7. The highest BCUT2D eigenvalue weighted by atomic mass is 35.5. The third kappa shape index (κ3) is 5.65. The molecule has 2 heterocycles. The number of carbonyl (C=O) groups is 2. The summed E-state index contributed by atoms with van der Waals surface area (Å²) in [5, 5.41) is 3.81. The van der Waals surface area contributed by atoms with Gasteiger partial charge in [0.05, 0.1) is 30.5 Å². The fourth-order valence-electron chi connectivity index (χ4n) is 3.81. The topological polar surface area (TPSA) is 71.1 Å². The van der Waals surface area contributed by atoms with Crippen molar-refractivity contribution in [3.8, 4) is 11.5 Å². The smallest absolute Gasteiger partial charge is 0.253 e.